The standard InChI is InChI=1S/C27H29F2N7S/c1-19(27(29)9-14-34(15-10-27)17-21-18-37-33-32-21)35-12-7-22(8-13-35)36-25-6-5-20(28)16-24(25)31-26(36)23-4-2-3-11-30-23/h2-6,11,16,18,22H,1,7-10,12-15,17H2. The van der Waals surface area contributed by atoms with Crippen molar-refractivity contribution in [2.24, 2.45) is 0 Å². The molecule has 10 heteroatoms. The Labute approximate surface area is 218 Å². The molecule has 3 aromatic heterocycles. The lowest BCUT2D eigenvalue weighted by Crippen LogP contribution is -2.47. The van der Waals surface area contributed by atoms with Crippen molar-refractivity contribution >= 4 is 22.6 Å². The van der Waals surface area contributed by atoms with Gasteiger partial charge in [-0.05, 0) is 61.5 Å². The number of benzene rings is 1. The lowest BCUT2D eigenvalue weighted by Gasteiger charge is -2.43. The summed E-state index contributed by atoms with van der Waals surface area (Å²) in [6.07, 6.45) is 4.25. The molecule has 5 heterocycles. The van der Waals surface area contributed by atoms with Crippen LogP contribution in [0.4, 0.5) is 8.78 Å². The van der Waals surface area contributed by atoms with E-state index in [0.29, 0.717) is 56.8 Å². The Hall–Kier alpha value is -3.24. The Balaban J connectivity index is 1.15. The molecule has 0 saturated carbocycles. The number of hydrogen-bond donors (Lipinski definition) is 0. The van der Waals surface area contributed by atoms with Gasteiger partial charge in [0.15, 0.2) is 11.5 Å². The molecule has 1 aromatic carbocycles. The molecule has 0 aliphatic carbocycles. The highest BCUT2D eigenvalue weighted by atomic mass is 32.1. The molecule has 2 aliphatic rings. The monoisotopic (exact) mass is 521 g/mol. The third-order valence-electron chi connectivity index (χ3n) is 7.71. The predicted molar refractivity (Wildman–Crippen MR) is 140 cm³/mol. The van der Waals surface area contributed by atoms with Crippen LogP contribution in [0.25, 0.3) is 22.6 Å². The Bertz CT molecular complexity index is 1370. The molecule has 2 saturated heterocycles. The van der Waals surface area contributed by atoms with Crippen LogP contribution in [0.2, 0.25) is 0 Å². The minimum absolute atomic E-state index is 0.153. The summed E-state index contributed by atoms with van der Waals surface area (Å²) in [5.74, 6) is 0.432. The first-order chi connectivity index (χ1) is 18.0. The summed E-state index contributed by atoms with van der Waals surface area (Å²) in [5.41, 5.74) is 2.43. The average molecular weight is 522 g/mol. The third-order valence-corrected chi connectivity index (χ3v) is 8.27. The highest BCUT2D eigenvalue weighted by Crippen LogP contribution is 2.39. The van der Waals surface area contributed by atoms with Crippen molar-refractivity contribution in [1.29, 1.82) is 0 Å². The van der Waals surface area contributed by atoms with Crippen LogP contribution >= 0.6 is 11.5 Å². The van der Waals surface area contributed by atoms with Gasteiger partial charge < -0.3 is 9.47 Å². The summed E-state index contributed by atoms with van der Waals surface area (Å²) in [6.45, 7) is 7.72. The molecule has 0 atom stereocenters. The Morgan fingerprint density at radius 3 is 2.62 bits per heavy atom. The summed E-state index contributed by atoms with van der Waals surface area (Å²) in [7, 11) is 0. The number of aromatic nitrogens is 5. The molecule has 2 fully saturated rings. The number of pyridine rings is 1. The molecule has 0 spiro atoms. The zero-order valence-corrected chi connectivity index (χ0v) is 21.4. The third kappa shape index (κ3) is 4.75. The number of hydrogen-bond acceptors (Lipinski definition) is 7. The number of piperidine rings is 2. The minimum atomic E-state index is -1.39. The Morgan fingerprint density at radius 2 is 1.92 bits per heavy atom. The van der Waals surface area contributed by atoms with Gasteiger partial charge in [0.1, 0.15) is 11.5 Å². The van der Waals surface area contributed by atoms with Crippen LogP contribution in [0, 0.1) is 5.82 Å². The maximum atomic E-state index is 16.1. The second-order valence-corrected chi connectivity index (χ2v) is 10.6. The summed E-state index contributed by atoms with van der Waals surface area (Å²) < 4.78 is 36.1. The molecule has 192 valence electrons. The van der Waals surface area contributed by atoms with E-state index in [0.717, 1.165) is 35.6 Å². The summed E-state index contributed by atoms with van der Waals surface area (Å²) in [6, 6.07) is 10.6. The molecule has 2 aliphatic heterocycles. The fraction of sp³-hybridized carbons (Fsp3) is 0.407. The molecule has 4 aromatic rings. The van der Waals surface area contributed by atoms with Crippen molar-refractivity contribution < 1.29 is 8.78 Å². The Kier molecular flexibility index (Phi) is 6.46. The van der Waals surface area contributed by atoms with Gasteiger partial charge in [0.25, 0.3) is 0 Å². The van der Waals surface area contributed by atoms with E-state index < -0.39 is 5.67 Å². The van der Waals surface area contributed by atoms with Gasteiger partial charge in [-0.15, -0.1) is 5.10 Å². The number of imidazole rings is 1. The Morgan fingerprint density at radius 1 is 1.11 bits per heavy atom. The van der Waals surface area contributed by atoms with Crippen molar-refractivity contribution in [1.82, 2.24) is 33.9 Å². The average Bonchev–Trinajstić information content (AvgIpc) is 3.58. The van der Waals surface area contributed by atoms with Crippen LogP contribution < -0.4 is 0 Å². The quantitative estimate of drug-likeness (QED) is 0.346. The molecule has 0 N–H and O–H groups in total. The number of halogens is 2. The van der Waals surface area contributed by atoms with Crippen molar-refractivity contribution in [3.8, 4) is 11.5 Å². The molecular formula is C27H29F2N7S. The van der Waals surface area contributed by atoms with Crippen LogP contribution in [0.3, 0.4) is 0 Å². The van der Waals surface area contributed by atoms with E-state index in [1.807, 2.05) is 23.6 Å². The van der Waals surface area contributed by atoms with Gasteiger partial charge >= 0.3 is 0 Å². The molecule has 6 rings (SSSR count). The van der Waals surface area contributed by atoms with Crippen molar-refractivity contribution in [3.63, 3.8) is 0 Å². The first kappa shape index (κ1) is 24.1. The summed E-state index contributed by atoms with van der Waals surface area (Å²) in [4.78, 5) is 13.6. The zero-order valence-electron chi connectivity index (χ0n) is 20.6. The lowest BCUT2D eigenvalue weighted by molar-refractivity contribution is 0.0518. The smallest absolute Gasteiger partial charge is 0.160 e. The lowest BCUT2D eigenvalue weighted by atomic mass is 9.88. The van der Waals surface area contributed by atoms with Crippen molar-refractivity contribution in [2.75, 3.05) is 26.2 Å². The number of nitrogens with zero attached hydrogens (tertiary/aromatic N) is 7. The zero-order chi connectivity index (χ0) is 25.4. The van der Waals surface area contributed by atoms with E-state index in [4.69, 9.17) is 4.98 Å². The number of allylic oxidation sites excluding steroid dienone is 1. The SMILES string of the molecule is C=C(N1CCC(n2c(-c3ccccn3)nc3cc(F)ccc32)CC1)C1(F)CCN(Cc2csnn2)CC1. The van der Waals surface area contributed by atoms with Crippen LogP contribution in [0.1, 0.15) is 37.4 Å². The molecule has 0 amide bonds. The van der Waals surface area contributed by atoms with Gasteiger partial charge in [-0.25, -0.2) is 13.8 Å². The maximum absolute atomic E-state index is 16.1. The highest BCUT2D eigenvalue weighted by molar-refractivity contribution is 7.03. The number of likely N-dealkylation sites (tertiary alicyclic amines) is 2. The van der Waals surface area contributed by atoms with Crippen LogP contribution in [-0.4, -0.2) is 65.8 Å². The van der Waals surface area contributed by atoms with Gasteiger partial charge in [0.05, 0.1) is 16.7 Å². The van der Waals surface area contributed by atoms with E-state index in [1.165, 1.54) is 23.7 Å². The fourth-order valence-electron chi connectivity index (χ4n) is 5.63. The first-order valence-electron chi connectivity index (χ1n) is 12.7. The molecule has 0 bridgehead atoms. The fourth-order valence-corrected chi connectivity index (χ4v) is 6.07. The number of fused-ring (bicyclic) bond motifs is 1. The predicted octanol–water partition coefficient (Wildman–Crippen LogP) is 5.24. The van der Waals surface area contributed by atoms with Crippen LogP contribution in [0.15, 0.2) is 60.3 Å². The van der Waals surface area contributed by atoms with E-state index >= 15 is 4.39 Å². The van der Waals surface area contributed by atoms with Crippen molar-refractivity contribution in [3.05, 3.63) is 71.8 Å². The second kappa shape index (κ2) is 9.90. The maximum Gasteiger partial charge on any atom is 0.160 e. The van der Waals surface area contributed by atoms with E-state index in [-0.39, 0.29) is 11.9 Å². The normalized spacial score (nSPS) is 18.9. The van der Waals surface area contributed by atoms with E-state index in [2.05, 4.69) is 35.5 Å². The first-order valence-corrected chi connectivity index (χ1v) is 13.5. The van der Waals surface area contributed by atoms with Crippen LogP contribution in [-0.2, 0) is 6.54 Å². The topological polar surface area (TPSA) is 63.0 Å². The van der Waals surface area contributed by atoms with E-state index in [9.17, 15) is 4.39 Å². The van der Waals surface area contributed by atoms with Gasteiger partial charge in [-0.1, -0.05) is 17.1 Å². The highest BCUT2D eigenvalue weighted by Gasteiger charge is 2.40. The molecule has 0 radical (unpaired) electrons. The second-order valence-electron chi connectivity index (χ2n) is 9.96. The molecule has 7 nitrogen and oxygen atoms in total. The minimum Gasteiger partial charge on any atom is -0.373 e. The van der Waals surface area contributed by atoms with Gasteiger partial charge in [-0.3, -0.25) is 9.88 Å². The summed E-state index contributed by atoms with van der Waals surface area (Å²) in [5, 5.41) is 6.05. The largest absolute Gasteiger partial charge is 0.373 e. The molecule has 0 unspecified atom stereocenters. The van der Waals surface area contributed by atoms with Crippen LogP contribution in [0.5, 0.6) is 0 Å². The molecule has 37 heavy (non-hydrogen) atoms. The van der Waals surface area contributed by atoms with E-state index in [1.54, 1.807) is 12.3 Å². The number of rotatable bonds is 6. The summed E-state index contributed by atoms with van der Waals surface area (Å²) >= 11 is 1.34. The number of alkyl halides is 1. The van der Waals surface area contributed by atoms with Gasteiger partial charge in [0.2, 0.25) is 0 Å². The van der Waals surface area contributed by atoms with Gasteiger partial charge in [0, 0.05) is 62.1 Å². The van der Waals surface area contributed by atoms with Crippen molar-refractivity contribution in [2.45, 2.75) is 43.9 Å². The molecular weight excluding hydrogens is 492 g/mol. The van der Waals surface area contributed by atoms with Gasteiger partial charge in [-0.2, -0.15) is 0 Å².